The zero-order valence-electron chi connectivity index (χ0n) is 17.7. The first-order valence-corrected chi connectivity index (χ1v) is 10.9. The molecule has 0 spiro atoms. The molecule has 33 heavy (non-hydrogen) atoms. The van der Waals surface area contributed by atoms with E-state index in [2.05, 4.69) is 15.0 Å². The Morgan fingerprint density at radius 1 is 1.18 bits per heavy atom. The summed E-state index contributed by atoms with van der Waals surface area (Å²) < 4.78 is 46.3. The van der Waals surface area contributed by atoms with Crippen LogP contribution >= 0.6 is 11.6 Å². The Morgan fingerprint density at radius 3 is 2.58 bits per heavy atom. The van der Waals surface area contributed by atoms with Crippen LogP contribution in [-0.2, 0) is 17.5 Å². The second-order valence-corrected chi connectivity index (χ2v) is 8.33. The lowest BCUT2D eigenvalue weighted by molar-refractivity contribution is -0.141. The summed E-state index contributed by atoms with van der Waals surface area (Å²) in [5, 5.41) is 3.09. The number of ether oxygens (including phenoxy) is 1. The third-order valence-corrected chi connectivity index (χ3v) is 5.90. The molecule has 176 valence electrons. The predicted octanol–water partition coefficient (Wildman–Crippen LogP) is 3.43. The number of aromatic nitrogens is 3. The number of allylic oxidation sites excluding steroid dienone is 4. The minimum absolute atomic E-state index is 0.167. The van der Waals surface area contributed by atoms with Gasteiger partial charge in [-0.05, 0) is 30.2 Å². The number of hydrogen-bond donors (Lipinski definition) is 0. The van der Waals surface area contributed by atoms with E-state index >= 15 is 0 Å². The van der Waals surface area contributed by atoms with Crippen LogP contribution in [0.2, 0.25) is 0 Å². The van der Waals surface area contributed by atoms with Crippen molar-refractivity contribution in [3.05, 3.63) is 60.1 Å². The van der Waals surface area contributed by atoms with Crippen LogP contribution in [-0.4, -0.2) is 68.6 Å². The van der Waals surface area contributed by atoms with Gasteiger partial charge in [-0.2, -0.15) is 18.3 Å². The molecule has 1 atom stereocenters. The number of carbonyl (C=O) groups is 1. The fourth-order valence-electron chi connectivity index (χ4n) is 3.71. The minimum Gasteiger partial charge on any atom is -0.467 e. The third kappa shape index (κ3) is 5.75. The highest BCUT2D eigenvalue weighted by Gasteiger charge is 2.36. The molecule has 1 unspecified atom stereocenters. The molecule has 0 bridgehead atoms. The zero-order chi connectivity index (χ0) is 23.4. The average Bonchev–Trinajstić information content (AvgIpc) is 3.24. The van der Waals surface area contributed by atoms with E-state index in [1.165, 1.54) is 0 Å². The van der Waals surface area contributed by atoms with Gasteiger partial charge in [0, 0.05) is 51.2 Å². The van der Waals surface area contributed by atoms with E-state index in [1.807, 2.05) is 18.2 Å². The topological polar surface area (TPSA) is 63.5 Å². The Hall–Kier alpha value is -2.85. The van der Waals surface area contributed by atoms with Crippen LogP contribution in [0.25, 0.3) is 5.70 Å². The number of alkyl halides is 4. The first-order chi connectivity index (χ1) is 15.8. The van der Waals surface area contributed by atoms with Gasteiger partial charge in [0.2, 0.25) is 5.88 Å². The van der Waals surface area contributed by atoms with Gasteiger partial charge in [0.05, 0.1) is 11.1 Å². The summed E-state index contributed by atoms with van der Waals surface area (Å²) in [4.78, 5) is 20.6. The van der Waals surface area contributed by atoms with Gasteiger partial charge >= 0.3 is 6.18 Å². The van der Waals surface area contributed by atoms with Crippen molar-refractivity contribution in [2.45, 2.75) is 24.5 Å². The molecule has 7 nitrogen and oxygen atoms in total. The Morgan fingerprint density at radius 2 is 1.91 bits per heavy atom. The van der Waals surface area contributed by atoms with Crippen molar-refractivity contribution in [2.24, 2.45) is 0 Å². The summed E-state index contributed by atoms with van der Waals surface area (Å²) in [6, 6.07) is 4.70. The summed E-state index contributed by atoms with van der Waals surface area (Å²) in [6.45, 7) is 2.79. The van der Waals surface area contributed by atoms with Gasteiger partial charge in [0.1, 0.15) is 0 Å². The molecule has 2 aliphatic rings. The van der Waals surface area contributed by atoms with E-state index in [0.717, 1.165) is 22.9 Å². The molecule has 0 N–H and O–H groups in total. The van der Waals surface area contributed by atoms with Gasteiger partial charge in [-0.15, -0.1) is 11.6 Å². The highest BCUT2D eigenvalue weighted by atomic mass is 35.5. The first kappa shape index (κ1) is 23.3. The van der Waals surface area contributed by atoms with Crippen LogP contribution in [0.15, 0.2) is 48.8 Å². The molecule has 1 saturated heterocycles. The van der Waals surface area contributed by atoms with Gasteiger partial charge in [0.15, 0.2) is 12.3 Å². The Balaban J connectivity index is 1.37. The molecule has 2 aromatic heterocycles. The molecule has 11 heteroatoms. The van der Waals surface area contributed by atoms with Gasteiger partial charge in [-0.25, -0.2) is 4.68 Å². The van der Waals surface area contributed by atoms with Crippen molar-refractivity contribution in [3.63, 3.8) is 0 Å². The second kappa shape index (κ2) is 9.96. The van der Waals surface area contributed by atoms with Gasteiger partial charge in [0.25, 0.3) is 5.91 Å². The predicted molar refractivity (Wildman–Crippen MR) is 116 cm³/mol. The number of piperazine rings is 1. The zero-order valence-corrected chi connectivity index (χ0v) is 18.5. The van der Waals surface area contributed by atoms with E-state index in [4.69, 9.17) is 16.3 Å². The van der Waals surface area contributed by atoms with Crippen molar-refractivity contribution in [1.82, 2.24) is 24.6 Å². The molecule has 1 aliphatic carbocycles. The van der Waals surface area contributed by atoms with Crippen LogP contribution < -0.4 is 4.74 Å². The molecule has 1 amide bonds. The molecule has 3 heterocycles. The smallest absolute Gasteiger partial charge is 0.435 e. The van der Waals surface area contributed by atoms with Crippen molar-refractivity contribution >= 4 is 23.2 Å². The van der Waals surface area contributed by atoms with E-state index < -0.39 is 17.2 Å². The number of pyridine rings is 1. The van der Waals surface area contributed by atoms with Gasteiger partial charge < -0.3 is 9.64 Å². The van der Waals surface area contributed by atoms with Gasteiger partial charge in [-0.3, -0.25) is 14.7 Å². The van der Waals surface area contributed by atoms with Gasteiger partial charge in [-0.1, -0.05) is 12.2 Å². The maximum Gasteiger partial charge on any atom is 0.435 e. The second-order valence-electron chi connectivity index (χ2n) is 7.80. The molecule has 2 aromatic rings. The van der Waals surface area contributed by atoms with Crippen LogP contribution in [0.1, 0.15) is 17.7 Å². The fourth-order valence-corrected chi connectivity index (χ4v) is 3.98. The van der Waals surface area contributed by atoms with Crippen LogP contribution in [0.5, 0.6) is 5.88 Å². The highest BCUT2D eigenvalue weighted by Crippen LogP contribution is 2.34. The first-order valence-electron chi connectivity index (χ1n) is 10.5. The molecular weight excluding hydrogens is 459 g/mol. The molecule has 4 rings (SSSR count). The molecule has 1 fully saturated rings. The van der Waals surface area contributed by atoms with Crippen LogP contribution in [0, 0.1) is 0 Å². The summed E-state index contributed by atoms with van der Waals surface area (Å²) in [5.74, 6) is -0.459. The van der Waals surface area contributed by atoms with E-state index in [0.29, 0.717) is 38.3 Å². The average molecular weight is 482 g/mol. The Bertz CT molecular complexity index is 1030. The van der Waals surface area contributed by atoms with Crippen LogP contribution in [0.3, 0.4) is 0 Å². The minimum atomic E-state index is -4.65. The lowest BCUT2D eigenvalue weighted by Gasteiger charge is -2.34. The lowest BCUT2D eigenvalue weighted by Crippen LogP contribution is -2.49. The van der Waals surface area contributed by atoms with Crippen molar-refractivity contribution in [3.8, 4) is 5.88 Å². The molecule has 0 saturated carbocycles. The number of carbonyl (C=O) groups excluding carboxylic acids is 1. The molecule has 0 aromatic carbocycles. The van der Waals surface area contributed by atoms with E-state index in [-0.39, 0.29) is 18.4 Å². The fraction of sp³-hybridized carbons (Fsp3) is 0.409. The van der Waals surface area contributed by atoms with E-state index in [9.17, 15) is 18.0 Å². The summed E-state index contributed by atoms with van der Waals surface area (Å²) in [6.07, 6.45) is 4.39. The number of halogens is 4. The van der Waals surface area contributed by atoms with Crippen molar-refractivity contribution in [2.75, 3.05) is 32.8 Å². The third-order valence-electron chi connectivity index (χ3n) is 5.50. The molecule has 0 radical (unpaired) electrons. The molecule has 1 aliphatic heterocycles. The van der Waals surface area contributed by atoms with Crippen molar-refractivity contribution < 1.29 is 22.7 Å². The maximum atomic E-state index is 13.2. The van der Waals surface area contributed by atoms with E-state index in [1.54, 1.807) is 29.4 Å². The number of nitrogens with zero attached hydrogens (tertiary/aromatic N) is 5. The standard InChI is InChI=1S/C22H23ClF3N5O2/c23-17-3-1-2-4-18(17)31-21(13-19(28-31)22(24,25)26)33-15-20(32)30-11-9-29(10-12-30)14-16-5-7-27-8-6-16/h1-2,4-8,13,17H,3,9-12,14-15H2. The van der Waals surface area contributed by atoms with Crippen molar-refractivity contribution in [1.29, 1.82) is 0 Å². The van der Waals surface area contributed by atoms with Crippen LogP contribution in [0.4, 0.5) is 13.2 Å². The summed E-state index contributed by atoms with van der Waals surface area (Å²) in [5.41, 5.74) is 0.405. The largest absolute Gasteiger partial charge is 0.467 e. The quantitative estimate of drug-likeness (QED) is 0.592. The number of rotatable bonds is 6. The summed E-state index contributed by atoms with van der Waals surface area (Å²) >= 11 is 6.27. The monoisotopic (exact) mass is 481 g/mol. The maximum absolute atomic E-state index is 13.2. The SMILES string of the molecule is O=C(COc1cc(C(F)(F)F)nn1C1=CC=CCC1Cl)N1CCN(Cc2ccncc2)CC1. The summed E-state index contributed by atoms with van der Waals surface area (Å²) in [7, 11) is 0. The number of amides is 1. The normalized spacial score (nSPS) is 19.5. The highest BCUT2D eigenvalue weighted by molar-refractivity contribution is 6.25. The molecular formula is C22H23ClF3N5O2. The Labute approximate surface area is 194 Å². The number of hydrogen-bond acceptors (Lipinski definition) is 5. The Kier molecular flexibility index (Phi) is 7.04. The lowest BCUT2D eigenvalue weighted by atomic mass is 10.1.